The second kappa shape index (κ2) is 4.88. The van der Waals surface area contributed by atoms with Crippen LogP contribution >= 0.6 is 0 Å². The van der Waals surface area contributed by atoms with Crippen molar-refractivity contribution in [3.8, 4) is 0 Å². The van der Waals surface area contributed by atoms with E-state index in [4.69, 9.17) is 0 Å². The van der Waals surface area contributed by atoms with Gasteiger partial charge in [-0.15, -0.1) is 0 Å². The maximum absolute atomic E-state index is 10.2. The monoisotopic (exact) mass is 327 g/mol. The van der Waals surface area contributed by atoms with E-state index in [2.05, 4.69) is 0 Å². The Hall–Kier alpha value is 0.145. The van der Waals surface area contributed by atoms with Gasteiger partial charge in [-0.1, -0.05) is 6.08 Å². The van der Waals surface area contributed by atoms with E-state index in [0.717, 1.165) is 19.3 Å². The summed E-state index contributed by atoms with van der Waals surface area (Å²) in [4.78, 5) is 10.2. The Morgan fingerprint density at radius 1 is 1.50 bits per heavy atom. The minimum Gasteiger partial charge on any atom is -0.545 e. The van der Waals surface area contributed by atoms with Gasteiger partial charge in [0.2, 0.25) is 0 Å². The summed E-state index contributed by atoms with van der Waals surface area (Å²) < 4.78 is 0. The van der Waals surface area contributed by atoms with Crippen molar-refractivity contribution >= 4 is 5.97 Å². The van der Waals surface area contributed by atoms with E-state index in [1.807, 2.05) is 0 Å². The van der Waals surface area contributed by atoms with E-state index in [9.17, 15) is 9.90 Å². The molecule has 0 spiro atoms. The molecule has 0 aromatic rings. The summed E-state index contributed by atoms with van der Waals surface area (Å²) >= 11 is 0. The molecule has 0 bridgehead atoms. The van der Waals surface area contributed by atoms with Gasteiger partial charge in [0.05, 0.1) is 5.97 Å². The molecule has 51 valence electrons. The van der Waals surface area contributed by atoms with Crippen LogP contribution in [0.2, 0.25) is 0 Å². The van der Waals surface area contributed by atoms with Crippen LogP contribution < -0.4 is 5.11 Å². The van der Waals surface area contributed by atoms with E-state index in [-0.39, 0.29) is 27.7 Å². The van der Waals surface area contributed by atoms with Crippen LogP contribution in [0.5, 0.6) is 0 Å². The number of hydrogen-bond donors (Lipinski definition) is 0. The molecule has 0 saturated heterocycles. The third-order valence-electron chi connectivity index (χ3n) is 1.55. The molecule has 0 aliphatic heterocycles. The Kier molecular flexibility index (Phi) is 4.96. The number of carboxylic acids is 1. The van der Waals surface area contributed by atoms with Gasteiger partial charge in [0, 0.05) is 0 Å². The van der Waals surface area contributed by atoms with E-state index in [1.54, 1.807) is 6.08 Å². The second-order valence-electron chi connectivity index (χ2n) is 2.26. The Morgan fingerprint density at radius 3 is 2.50 bits per heavy atom. The third kappa shape index (κ3) is 2.82. The first-order valence-corrected chi connectivity index (χ1v) is 3.21. The van der Waals surface area contributed by atoms with Crippen molar-refractivity contribution in [1.82, 2.24) is 0 Å². The van der Waals surface area contributed by atoms with Crippen LogP contribution in [0.15, 0.2) is 11.6 Å². The minimum absolute atomic E-state index is 0. The van der Waals surface area contributed by atoms with Crippen molar-refractivity contribution in [2.45, 2.75) is 25.7 Å². The number of allylic oxidation sites excluding steroid dienone is 1. The smallest absolute Gasteiger partial charge is 0.545 e. The molecule has 0 saturated carbocycles. The van der Waals surface area contributed by atoms with Gasteiger partial charge in [-0.05, 0) is 31.3 Å². The van der Waals surface area contributed by atoms with Gasteiger partial charge in [-0.25, -0.2) is 0 Å². The minimum atomic E-state index is -0.991. The van der Waals surface area contributed by atoms with E-state index < -0.39 is 5.97 Å². The molecule has 10 heavy (non-hydrogen) atoms. The van der Waals surface area contributed by atoms with E-state index in [1.165, 1.54) is 0 Å². The van der Waals surface area contributed by atoms with E-state index >= 15 is 0 Å². The van der Waals surface area contributed by atoms with Crippen LogP contribution in [-0.2, 0) is 32.5 Å². The Bertz CT molecular complexity index is 152. The van der Waals surface area contributed by atoms with Crippen molar-refractivity contribution < 1.29 is 37.6 Å². The zero-order valence-electron chi connectivity index (χ0n) is 5.93. The topological polar surface area (TPSA) is 40.1 Å². The van der Waals surface area contributed by atoms with Gasteiger partial charge < -0.3 is 9.90 Å². The number of rotatable bonds is 1. The van der Waals surface area contributed by atoms with Gasteiger partial charge in [0.25, 0.3) is 0 Å². The van der Waals surface area contributed by atoms with Crippen molar-refractivity contribution in [3.63, 3.8) is 0 Å². The van der Waals surface area contributed by atoms with Crippen LogP contribution in [0, 0.1) is 0 Å². The fraction of sp³-hybridized carbons (Fsp3) is 0.571. The third-order valence-corrected chi connectivity index (χ3v) is 1.55. The van der Waals surface area contributed by atoms with Crippen LogP contribution in [0.3, 0.4) is 0 Å². The predicted molar refractivity (Wildman–Crippen MR) is 31.6 cm³/mol. The zero-order chi connectivity index (χ0) is 6.69. The van der Waals surface area contributed by atoms with Crippen molar-refractivity contribution in [1.29, 1.82) is 0 Å². The molecule has 0 aromatic heterocycles. The summed E-state index contributed by atoms with van der Waals surface area (Å²) in [7, 11) is 0. The SMILES string of the molecule is O=C([O-])C1=CCCCC1.[Hg+]. The quantitative estimate of drug-likeness (QED) is 0.648. The first-order chi connectivity index (χ1) is 4.30. The normalized spacial score (nSPS) is 17.0. The Balaban J connectivity index is 0.000000810. The number of carbonyl (C=O) groups is 1. The van der Waals surface area contributed by atoms with E-state index in [0.29, 0.717) is 12.0 Å². The number of carboxylic acid groups (broad SMARTS) is 1. The molecule has 1 rings (SSSR count). The molecule has 1 aliphatic rings. The molecular weight excluding hydrogens is 317 g/mol. The first kappa shape index (κ1) is 10.1. The molecule has 0 fully saturated rings. The summed E-state index contributed by atoms with van der Waals surface area (Å²) in [6, 6.07) is 0. The average molecular weight is 326 g/mol. The number of carbonyl (C=O) groups excluding carboxylic acids is 1. The molecule has 0 atom stereocenters. The van der Waals surface area contributed by atoms with Gasteiger partial charge in [-0.2, -0.15) is 0 Å². The maximum Gasteiger partial charge on any atom is 1.00 e. The molecule has 3 heteroatoms. The van der Waals surface area contributed by atoms with Crippen molar-refractivity contribution in [2.24, 2.45) is 0 Å². The molecule has 1 aliphatic carbocycles. The van der Waals surface area contributed by atoms with Crippen LogP contribution in [-0.4, -0.2) is 5.97 Å². The van der Waals surface area contributed by atoms with Crippen molar-refractivity contribution in [2.75, 3.05) is 0 Å². The zero-order valence-corrected chi connectivity index (χ0v) is 11.4. The summed E-state index contributed by atoms with van der Waals surface area (Å²) in [5.41, 5.74) is 0.487. The Morgan fingerprint density at radius 2 is 2.20 bits per heavy atom. The summed E-state index contributed by atoms with van der Waals surface area (Å²) in [6.45, 7) is 0. The molecule has 0 unspecified atom stereocenters. The molecule has 1 radical (unpaired) electrons. The molecule has 0 aromatic carbocycles. The number of hydrogen-bond acceptors (Lipinski definition) is 2. The van der Waals surface area contributed by atoms with Crippen LogP contribution in [0.25, 0.3) is 0 Å². The molecule has 0 amide bonds. The van der Waals surface area contributed by atoms with Gasteiger partial charge in [0.1, 0.15) is 0 Å². The molecule has 0 N–H and O–H groups in total. The van der Waals surface area contributed by atoms with Crippen LogP contribution in [0.1, 0.15) is 25.7 Å². The van der Waals surface area contributed by atoms with Crippen LogP contribution in [0.4, 0.5) is 0 Å². The molecule has 0 heterocycles. The summed E-state index contributed by atoms with van der Waals surface area (Å²) in [5.74, 6) is -0.991. The fourth-order valence-corrected chi connectivity index (χ4v) is 1.02. The predicted octanol–water partition coefficient (Wildman–Crippen LogP) is 0.234. The van der Waals surface area contributed by atoms with Gasteiger partial charge >= 0.3 is 27.7 Å². The first-order valence-electron chi connectivity index (χ1n) is 3.21. The second-order valence-corrected chi connectivity index (χ2v) is 2.26. The maximum atomic E-state index is 10.2. The van der Waals surface area contributed by atoms with Gasteiger partial charge in [-0.3, -0.25) is 0 Å². The standard InChI is InChI=1S/C7H10O2.Hg/c8-7(9)6-4-2-1-3-5-6;/h4H,1-3,5H2,(H,8,9);/q;+1/p-1. The largest absolute Gasteiger partial charge is 1.00 e. The average Bonchev–Trinajstić information content (AvgIpc) is 1.90. The fourth-order valence-electron chi connectivity index (χ4n) is 1.02. The molecular formula is C7H9HgO2. The summed E-state index contributed by atoms with van der Waals surface area (Å²) in [5, 5.41) is 10.2. The Labute approximate surface area is 80.8 Å². The number of aliphatic carboxylic acids is 1. The van der Waals surface area contributed by atoms with Crippen molar-refractivity contribution in [3.05, 3.63) is 11.6 Å². The molecule has 2 nitrogen and oxygen atoms in total. The van der Waals surface area contributed by atoms with Gasteiger partial charge in [0.15, 0.2) is 0 Å². The summed E-state index contributed by atoms with van der Waals surface area (Å²) in [6.07, 6.45) is 5.49.